The van der Waals surface area contributed by atoms with E-state index in [0.29, 0.717) is 5.56 Å². The van der Waals surface area contributed by atoms with Crippen molar-refractivity contribution in [3.05, 3.63) is 39.9 Å². The Labute approximate surface area is 133 Å². The van der Waals surface area contributed by atoms with Gasteiger partial charge >= 0.3 is 11.9 Å². The van der Waals surface area contributed by atoms with Crippen molar-refractivity contribution in [1.29, 1.82) is 0 Å². The van der Waals surface area contributed by atoms with Gasteiger partial charge in [-0.1, -0.05) is 12.1 Å². The predicted octanol–water partition coefficient (Wildman–Crippen LogP) is 1.49. The SMILES string of the molecule is CCOC(=O)C(C(=O)OCC)[C@@H](C[N+](=O)[O-])c1ccc(O)cc1. The number of benzene rings is 1. The first-order valence-electron chi connectivity index (χ1n) is 7.14. The van der Waals surface area contributed by atoms with Gasteiger partial charge in [-0.25, -0.2) is 0 Å². The van der Waals surface area contributed by atoms with Crippen molar-refractivity contribution in [1.82, 2.24) is 0 Å². The zero-order chi connectivity index (χ0) is 17.4. The molecule has 0 fully saturated rings. The second kappa shape index (κ2) is 8.72. The summed E-state index contributed by atoms with van der Waals surface area (Å²) in [6.45, 7) is 2.57. The fourth-order valence-corrected chi connectivity index (χ4v) is 2.17. The molecular formula is C15H19NO7. The minimum atomic E-state index is -1.44. The molecule has 0 aliphatic carbocycles. The number of rotatable bonds is 8. The number of nitrogens with zero attached hydrogens (tertiary/aromatic N) is 1. The second-order valence-electron chi connectivity index (χ2n) is 4.70. The summed E-state index contributed by atoms with van der Waals surface area (Å²) in [6.07, 6.45) is 0. The van der Waals surface area contributed by atoms with Crippen molar-refractivity contribution >= 4 is 11.9 Å². The Morgan fingerprint density at radius 2 is 1.61 bits per heavy atom. The van der Waals surface area contributed by atoms with Gasteiger partial charge in [0.2, 0.25) is 6.54 Å². The summed E-state index contributed by atoms with van der Waals surface area (Å²) in [5.74, 6) is -4.26. The average Bonchev–Trinajstić information content (AvgIpc) is 2.47. The molecule has 23 heavy (non-hydrogen) atoms. The molecule has 1 rings (SSSR count). The quantitative estimate of drug-likeness (QED) is 0.333. The first-order valence-corrected chi connectivity index (χ1v) is 7.14. The highest BCUT2D eigenvalue weighted by molar-refractivity contribution is 5.96. The second-order valence-corrected chi connectivity index (χ2v) is 4.70. The number of hydrogen-bond donors (Lipinski definition) is 1. The van der Waals surface area contributed by atoms with Crippen molar-refractivity contribution < 1.29 is 29.1 Å². The van der Waals surface area contributed by atoms with Crippen LogP contribution >= 0.6 is 0 Å². The molecule has 1 aromatic rings. The van der Waals surface area contributed by atoms with Gasteiger partial charge < -0.3 is 14.6 Å². The van der Waals surface area contributed by atoms with E-state index in [1.165, 1.54) is 24.3 Å². The molecule has 1 atom stereocenters. The molecule has 8 heteroatoms. The molecule has 1 N–H and O–H groups in total. The van der Waals surface area contributed by atoms with Gasteiger partial charge in [-0.2, -0.15) is 0 Å². The molecule has 0 unspecified atom stereocenters. The topological polar surface area (TPSA) is 116 Å². The average molecular weight is 325 g/mol. The Kier molecular flexibility index (Phi) is 6.98. The Morgan fingerprint density at radius 1 is 1.13 bits per heavy atom. The van der Waals surface area contributed by atoms with E-state index in [1.807, 2.05) is 0 Å². The van der Waals surface area contributed by atoms with Gasteiger partial charge in [-0.3, -0.25) is 19.7 Å². The monoisotopic (exact) mass is 325 g/mol. The number of aromatic hydroxyl groups is 1. The molecule has 0 aromatic heterocycles. The van der Waals surface area contributed by atoms with Crippen molar-refractivity contribution in [2.24, 2.45) is 5.92 Å². The summed E-state index contributed by atoms with van der Waals surface area (Å²) in [5.41, 5.74) is 0.366. The van der Waals surface area contributed by atoms with Crippen molar-refractivity contribution in [2.45, 2.75) is 19.8 Å². The van der Waals surface area contributed by atoms with Crippen LogP contribution < -0.4 is 0 Å². The highest BCUT2D eigenvalue weighted by Gasteiger charge is 2.41. The van der Waals surface area contributed by atoms with Crippen LogP contribution in [0.1, 0.15) is 25.3 Å². The minimum Gasteiger partial charge on any atom is -0.508 e. The Balaban J connectivity index is 3.24. The summed E-state index contributed by atoms with van der Waals surface area (Å²) in [7, 11) is 0. The summed E-state index contributed by atoms with van der Waals surface area (Å²) in [6, 6.07) is 5.51. The van der Waals surface area contributed by atoms with Gasteiger partial charge in [0.15, 0.2) is 5.92 Å². The van der Waals surface area contributed by atoms with Crippen LogP contribution in [-0.4, -0.2) is 41.7 Å². The molecular weight excluding hydrogens is 306 g/mol. The lowest BCUT2D eigenvalue weighted by Crippen LogP contribution is -2.36. The molecule has 0 saturated heterocycles. The number of carbonyl (C=O) groups excluding carboxylic acids is 2. The van der Waals surface area contributed by atoms with E-state index in [-0.39, 0.29) is 19.0 Å². The van der Waals surface area contributed by atoms with E-state index in [0.717, 1.165) is 0 Å². The molecule has 0 aliphatic heterocycles. The molecule has 0 aliphatic rings. The molecule has 0 spiro atoms. The lowest BCUT2D eigenvalue weighted by atomic mass is 9.85. The first kappa shape index (κ1) is 18.4. The number of esters is 2. The third-order valence-corrected chi connectivity index (χ3v) is 3.15. The van der Waals surface area contributed by atoms with Gasteiger partial charge in [-0.05, 0) is 31.5 Å². The van der Waals surface area contributed by atoms with E-state index < -0.39 is 35.2 Å². The Bertz CT molecular complexity index is 537. The number of phenols is 1. The molecule has 1 aromatic carbocycles. The molecule has 126 valence electrons. The maximum atomic E-state index is 12.1. The normalized spacial score (nSPS) is 11.8. The molecule has 8 nitrogen and oxygen atoms in total. The van der Waals surface area contributed by atoms with Crippen molar-refractivity contribution in [3.8, 4) is 5.75 Å². The van der Waals surface area contributed by atoms with Gasteiger partial charge in [0.1, 0.15) is 5.75 Å². The van der Waals surface area contributed by atoms with Gasteiger partial charge in [0.25, 0.3) is 0 Å². The molecule has 0 heterocycles. The fraction of sp³-hybridized carbons (Fsp3) is 0.467. The standard InChI is InChI=1S/C15H19NO7/c1-3-22-14(18)13(15(19)23-4-2)12(9-16(20)21)10-5-7-11(17)8-6-10/h5-8,12-13,17H,3-4,9H2,1-2H3/t12-/m0/s1. The van der Waals surface area contributed by atoms with Crippen LogP contribution in [0.15, 0.2) is 24.3 Å². The molecule has 0 amide bonds. The maximum absolute atomic E-state index is 12.1. The summed E-state index contributed by atoms with van der Waals surface area (Å²) in [5, 5.41) is 20.3. The number of hydrogen-bond acceptors (Lipinski definition) is 7. The predicted molar refractivity (Wildman–Crippen MR) is 79.5 cm³/mol. The van der Waals surface area contributed by atoms with Crippen molar-refractivity contribution in [3.63, 3.8) is 0 Å². The highest BCUT2D eigenvalue weighted by Crippen LogP contribution is 2.29. The van der Waals surface area contributed by atoms with Gasteiger partial charge in [0, 0.05) is 4.92 Å². The minimum absolute atomic E-state index is 0.0302. The van der Waals surface area contributed by atoms with E-state index in [9.17, 15) is 24.8 Å². The van der Waals surface area contributed by atoms with E-state index in [1.54, 1.807) is 13.8 Å². The van der Waals surface area contributed by atoms with E-state index in [2.05, 4.69) is 0 Å². The third-order valence-electron chi connectivity index (χ3n) is 3.15. The molecule has 0 bridgehead atoms. The zero-order valence-corrected chi connectivity index (χ0v) is 12.9. The highest BCUT2D eigenvalue weighted by atomic mass is 16.6. The molecule has 0 saturated carbocycles. The van der Waals surface area contributed by atoms with Gasteiger partial charge in [-0.15, -0.1) is 0 Å². The van der Waals surface area contributed by atoms with Crippen molar-refractivity contribution in [2.75, 3.05) is 19.8 Å². The smallest absolute Gasteiger partial charge is 0.321 e. The third kappa shape index (κ3) is 5.24. The van der Waals surface area contributed by atoms with Crippen LogP contribution in [0.25, 0.3) is 0 Å². The van der Waals surface area contributed by atoms with Crippen LogP contribution in [0.3, 0.4) is 0 Å². The van der Waals surface area contributed by atoms with Gasteiger partial charge in [0.05, 0.1) is 19.1 Å². The lowest BCUT2D eigenvalue weighted by molar-refractivity contribution is -0.484. The molecule has 0 radical (unpaired) electrons. The number of carbonyl (C=O) groups is 2. The summed E-state index contributed by atoms with van der Waals surface area (Å²) >= 11 is 0. The number of ether oxygens (including phenoxy) is 2. The Morgan fingerprint density at radius 3 is 2.00 bits per heavy atom. The van der Waals surface area contributed by atoms with Crippen LogP contribution in [-0.2, 0) is 19.1 Å². The van der Waals surface area contributed by atoms with E-state index >= 15 is 0 Å². The largest absolute Gasteiger partial charge is 0.508 e. The summed E-state index contributed by atoms with van der Waals surface area (Å²) in [4.78, 5) is 34.6. The number of nitro groups is 1. The van der Waals surface area contributed by atoms with E-state index in [4.69, 9.17) is 9.47 Å². The fourth-order valence-electron chi connectivity index (χ4n) is 2.17. The van der Waals surface area contributed by atoms with Crippen LogP contribution in [0.2, 0.25) is 0 Å². The van der Waals surface area contributed by atoms with Crippen LogP contribution in [0.4, 0.5) is 0 Å². The van der Waals surface area contributed by atoms with Crippen LogP contribution in [0, 0.1) is 16.0 Å². The maximum Gasteiger partial charge on any atom is 0.321 e. The Hall–Kier alpha value is -2.64. The lowest BCUT2D eigenvalue weighted by Gasteiger charge is -2.21. The first-order chi connectivity index (χ1) is 10.9. The number of phenolic OH excluding ortho intramolecular Hbond substituents is 1. The summed E-state index contributed by atoms with van der Waals surface area (Å²) < 4.78 is 9.74. The van der Waals surface area contributed by atoms with Crippen LogP contribution in [0.5, 0.6) is 5.75 Å². The zero-order valence-electron chi connectivity index (χ0n) is 12.9.